The van der Waals surface area contributed by atoms with Crippen molar-refractivity contribution in [3.63, 3.8) is 0 Å². The molecule has 3 atom stereocenters. The molecule has 1 aromatic rings. The third-order valence-electron chi connectivity index (χ3n) is 4.12. The molecule has 0 bridgehead atoms. The van der Waals surface area contributed by atoms with Crippen LogP contribution < -0.4 is 10.1 Å². The van der Waals surface area contributed by atoms with Crippen molar-refractivity contribution in [3.05, 3.63) is 29.8 Å². The summed E-state index contributed by atoms with van der Waals surface area (Å²) in [5.41, 5.74) is 1.11. The van der Waals surface area contributed by atoms with Gasteiger partial charge in [-0.3, -0.25) is 4.79 Å². The number of para-hydroxylation sites is 1. The Morgan fingerprint density at radius 1 is 1.37 bits per heavy atom. The first kappa shape index (κ1) is 12.8. The van der Waals surface area contributed by atoms with Crippen molar-refractivity contribution in [3.8, 4) is 5.75 Å². The Hall–Kier alpha value is -1.22. The van der Waals surface area contributed by atoms with Crippen LogP contribution in [0.3, 0.4) is 0 Å². The van der Waals surface area contributed by atoms with Crippen LogP contribution >= 0.6 is 11.6 Å². The van der Waals surface area contributed by atoms with Gasteiger partial charge < -0.3 is 10.1 Å². The molecule has 1 heterocycles. The third kappa shape index (κ3) is 2.57. The normalized spacial score (nSPS) is 28.8. The lowest BCUT2D eigenvalue weighted by molar-refractivity contribution is -0.128. The van der Waals surface area contributed by atoms with Gasteiger partial charge in [0, 0.05) is 18.3 Å². The lowest BCUT2D eigenvalue weighted by Crippen LogP contribution is -2.45. The predicted octanol–water partition coefficient (Wildman–Crippen LogP) is 2.51. The topological polar surface area (TPSA) is 38.3 Å². The van der Waals surface area contributed by atoms with Crippen molar-refractivity contribution >= 4 is 17.5 Å². The van der Waals surface area contributed by atoms with E-state index in [0.29, 0.717) is 18.2 Å². The second-order valence-corrected chi connectivity index (χ2v) is 5.69. The molecule has 1 aliphatic heterocycles. The van der Waals surface area contributed by atoms with Crippen LogP contribution in [0.25, 0.3) is 0 Å². The highest BCUT2D eigenvalue weighted by Crippen LogP contribution is 2.30. The number of fused-ring (bicyclic) bond motifs is 1. The number of benzene rings is 1. The summed E-state index contributed by atoms with van der Waals surface area (Å²) in [6.45, 7) is 0. The largest absolute Gasteiger partial charge is 0.480 e. The number of halogens is 1. The summed E-state index contributed by atoms with van der Waals surface area (Å²) in [4.78, 5) is 12.3. The molecule has 1 fully saturated rings. The Balaban J connectivity index is 1.61. The molecule has 1 saturated carbocycles. The maximum absolute atomic E-state index is 12.3. The molecule has 19 heavy (non-hydrogen) atoms. The quantitative estimate of drug-likeness (QED) is 0.864. The van der Waals surface area contributed by atoms with Gasteiger partial charge in [0.05, 0.1) is 0 Å². The number of hydrogen-bond donors (Lipinski definition) is 1. The van der Waals surface area contributed by atoms with E-state index in [1.807, 2.05) is 24.3 Å². The highest BCUT2D eigenvalue weighted by atomic mass is 35.5. The van der Waals surface area contributed by atoms with E-state index >= 15 is 0 Å². The Morgan fingerprint density at radius 2 is 2.21 bits per heavy atom. The lowest BCUT2D eigenvalue weighted by atomic mass is 10.1. The molecule has 1 aromatic carbocycles. The van der Waals surface area contributed by atoms with Crippen molar-refractivity contribution in [1.82, 2.24) is 5.32 Å². The van der Waals surface area contributed by atoms with Gasteiger partial charge in [-0.05, 0) is 30.4 Å². The molecular formula is C15H18ClNO2. The summed E-state index contributed by atoms with van der Waals surface area (Å²) < 4.78 is 5.70. The van der Waals surface area contributed by atoms with Gasteiger partial charge in [-0.1, -0.05) is 24.6 Å². The molecule has 1 N–H and O–H groups in total. The first-order valence-corrected chi connectivity index (χ1v) is 7.42. The fraction of sp³-hybridized carbons (Fsp3) is 0.533. The predicted molar refractivity (Wildman–Crippen MR) is 74.6 cm³/mol. The number of nitrogens with one attached hydrogen (secondary N) is 1. The maximum Gasteiger partial charge on any atom is 0.261 e. The third-order valence-corrected chi connectivity index (χ3v) is 4.52. The van der Waals surface area contributed by atoms with Gasteiger partial charge in [-0.25, -0.2) is 0 Å². The molecule has 3 rings (SSSR count). The van der Waals surface area contributed by atoms with E-state index in [0.717, 1.165) is 30.6 Å². The molecule has 0 spiro atoms. The van der Waals surface area contributed by atoms with Crippen molar-refractivity contribution < 1.29 is 9.53 Å². The number of amides is 1. The Morgan fingerprint density at radius 3 is 3.00 bits per heavy atom. The Labute approximate surface area is 118 Å². The van der Waals surface area contributed by atoms with Crippen LogP contribution in [0, 0.1) is 5.92 Å². The molecule has 0 radical (unpaired) electrons. The smallest absolute Gasteiger partial charge is 0.261 e. The summed E-state index contributed by atoms with van der Waals surface area (Å²) in [6.07, 6.45) is 3.58. The van der Waals surface area contributed by atoms with Gasteiger partial charge in [0.15, 0.2) is 6.10 Å². The first-order chi connectivity index (χ1) is 9.28. The Bertz CT molecular complexity index is 452. The van der Waals surface area contributed by atoms with Crippen molar-refractivity contribution in [2.45, 2.75) is 37.8 Å². The fourth-order valence-corrected chi connectivity index (χ4v) is 3.38. The van der Waals surface area contributed by atoms with Gasteiger partial charge in [-0.15, -0.1) is 11.6 Å². The van der Waals surface area contributed by atoms with Gasteiger partial charge in [0.25, 0.3) is 5.91 Å². The van der Waals surface area contributed by atoms with Crippen molar-refractivity contribution in [1.29, 1.82) is 0 Å². The van der Waals surface area contributed by atoms with E-state index < -0.39 is 0 Å². The fourth-order valence-electron chi connectivity index (χ4n) is 3.02. The van der Waals surface area contributed by atoms with Gasteiger partial charge in [0.1, 0.15) is 5.75 Å². The number of alkyl halides is 1. The van der Waals surface area contributed by atoms with Crippen LogP contribution in [0.2, 0.25) is 0 Å². The minimum Gasteiger partial charge on any atom is -0.480 e. The molecule has 2 aliphatic rings. The average molecular weight is 280 g/mol. The summed E-state index contributed by atoms with van der Waals surface area (Å²) >= 11 is 5.94. The number of carbonyl (C=O) groups excluding carboxylic acids is 1. The number of rotatable bonds is 3. The zero-order chi connectivity index (χ0) is 13.2. The SMILES string of the molecule is O=C(NC1CCCC1CCl)C1Cc2ccccc2O1. The zero-order valence-electron chi connectivity index (χ0n) is 10.8. The van der Waals surface area contributed by atoms with Crippen LogP contribution in [0.15, 0.2) is 24.3 Å². The van der Waals surface area contributed by atoms with E-state index in [-0.39, 0.29) is 18.1 Å². The highest BCUT2D eigenvalue weighted by Gasteiger charge is 2.33. The average Bonchev–Trinajstić information content (AvgIpc) is 3.03. The van der Waals surface area contributed by atoms with E-state index in [1.54, 1.807) is 0 Å². The maximum atomic E-state index is 12.3. The van der Waals surface area contributed by atoms with Crippen LogP contribution in [-0.4, -0.2) is 23.9 Å². The summed E-state index contributed by atoms with van der Waals surface area (Å²) in [7, 11) is 0. The molecular weight excluding hydrogens is 262 g/mol. The molecule has 3 unspecified atom stereocenters. The number of carbonyl (C=O) groups is 1. The zero-order valence-corrected chi connectivity index (χ0v) is 11.5. The van der Waals surface area contributed by atoms with Gasteiger partial charge >= 0.3 is 0 Å². The Kier molecular flexibility index (Phi) is 3.65. The summed E-state index contributed by atoms with van der Waals surface area (Å²) in [5.74, 6) is 1.87. The van der Waals surface area contributed by atoms with E-state index in [2.05, 4.69) is 5.32 Å². The lowest BCUT2D eigenvalue weighted by Gasteiger charge is -2.21. The first-order valence-electron chi connectivity index (χ1n) is 6.89. The molecule has 102 valence electrons. The van der Waals surface area contributed by atoms with Crippen LogP contribution in [0.1, 0.15) is 24.8 Å². The monoisotopic (exact) mass is 279 g/mol. The second-order valence-electron chi connectivity index (χ2n) is 5.38. The van der Waals surface area contributed by atoms with Crippen LogP contribution in [0.4, 0.5) is 0 Å². The number of hydrogen-bond acceptors (Lipinski definition) is 2. The van der Waals surface area contributed by atoms with E-state index in [1.165, 1.54) is 0 Å². The second kappa shape index (κ2) is 5.41. The van der Waals surface area contributed by atoms with Gasteiger partial charge in [0.2, 0.25) is 0 Å². The highest BCUT2D eigenvalue weighted by molar-refractivity contribution is 6.18. The number of ether oxygens (including phenoxy) is 1. The van der Waals surface area contributed by atoms with Crippen LogP contribution in [-0.2, 0) is 11.2 Å². The van der Waals surface area contributed by atoms with Crippen molar-refractivity contribution in [2.24, 2.45) is 5.92 Å². The minimum atomic E-state index is -0.381. The molecule has 3 nitrogen and oxygen atoms in total. The molecule has 0 aromatic heterocycles. The molecule has 1 amide bonds. The van der Waals surface area contributed by atoms with Crippen LogP contribution in [0.5, 0.6) is 5.75 Å². The minimum absolute atomic E-state index is 0.00165. The molecule has 0 saturated heterocycles. The van der Waals surface area contributed by atoms with E-state index in [9.17, 15) is 4.79 Å². The van der Waals surface area contributed by atoms with Crippen molar-refractivity contribution in [2.75, 3.05) is 5.88 Å². The summed E-state index contributed by atoms with van der Waals surface area (Å²) in [5, 5.41) is 3.11. The summed E-state index contributed by atoms with van der Waals surface area (Å²) in [6, 6.07) is 8.06. The van der Waals surface area contributed by atoms with Gasteiger partial charge in [-0.2, -0.15) is 0 Å². The van der Waals surface area contributed by atoms with E-state index in [4.69, 9.17) is 16.3 Å². The molecule has 1 aliphatic carbocycles. The standard InChI is InChI=1S/C15H18ClNO2/c16-9-11-5-3-6-12(11)17-15(18)14-8-10-4-1-2-7-13(10)19-14/h1-2,4,7,11-12,14H,3,5-6,8-9H2,(H,17,18). The molecule has 4 heteroatoms.